The zero-order valence-electron chi connectivity index (χ0n) is 15.3. The van der Waals surface area contributed by atoms with Gasteiger partial charge in [0.1, 0.15) is 0 Å². The van der Waals surface area contributed by atoms with E-state index in [-0.39, 0.29) is 5.91 Å². The van der Waals surface area contributed by atoms with Gasteiger partial charge >= 0.3 is 0 Å². The molecule has 0 saturated carbocycles. The molecule has 5 heteroatoms. The van der Waals surface area contributed by atoms with Gasteiger partial charge in [0.15, 0.2) is 0 Å². The minimum Gasteiger partial charge on any atom is -0.379 e. The van der Waals surface area contributed by atoms with Gasteiger partial charge in [0.05, 0.1) is 18.8 Å². The van der Waals surface area contributed by atoms with E-state index >= 15 is 0 Å². The molecule has 1 atom stereocenters. The molecule has 4 nitrogen and oxygen atoms in total. The molecule has 1 aliphatic carbocycles. The summed E-state index contributed by atoms with van der Waals surface area (Å²) in [5.41, 5.74) is 4.28. The Balaban J connectivity index is 1.39. The molecule has 1 saturated heterocycles. The normalized spacial score (nSPS) is 20.6. The molecule has 1 aromatic carbocycles. The second-order valence-electron chi connectivity index (χ2n) is 7.44. The zero-order chi connectivity index (χ0) is 17.9. The van der Waals surface area contributed by atoms with Crippen molar-refractivity contribution in [2.24, 2.45) is 5.92 Å². The molecule has 2 heterocycles. The van der Waals surface area contributed by atoms with Crippen molar-refractivity contribution >= 4 is 22.9 Å². The lowest BCUT2D eigenvalue weighted by Crippen LogP contribution is -2.35. The number of anilines is 1. The van der Waals surface area contributed by atoms with Gasteiger partial charge in [0, 0.05) is 35.6 Å². The number of ether oxygens (including phenoxy) is 1. The number of nitrogens with zero attached hydrogens (tertiary/aromatic N) is 1. The Morgan fingerprint density at radius 2 is 2.04 bits per heavy atom. The lowest BCUT2D eigenvalue weighted by atomic mass is 9.88. The summed E-state index contributed by atoms with van der Waals surface area (Å²) in [6, 6.07) is 8.23. The smallest absolute Gasteiger partial charge is 0.256 e. The summed E-state index contributed by atoms with van der Waals surface area (Å²) >= 11 is 1.74. The van der Waals surface area contributed by atoms with Crippen LogP contribution in [0.2, 0.25) is 0 Å². The van der Waals surface area contributed by atoms with Gasteiger partial charge in [-0.05, 0) is 48.4 Å². The van der Waals surface area contributed by atoms with E-state index in [0.29, 0.717) is 0 Å². The van der Waals surface area contributed by atoms with Crippen LogP contribution in [-0.2, 0) is 24.1 Å². The van der Waals surface area contributed by atoms with Gasteiger partial charge in [-0.3, -0.25) is 9.69 Å². The summed E-state index contributed by atoms with van der Waals surface area (Å²) in [5, 5.41) is 5.10. The van der Waals surface area contributed by atoms with E-state index in [1.165, 1.54) is 22.4 Å². The fourth-order valence-corrected chi connectivity index (χ4v) is 5.02. The van der Waals surface area contributed by atoms with Crippen LogP contribution in [0.5, 0.6) is 0 Å². The average Bonchev–Trinajstić information content (AvgIpc) is 3.07. The lowest BCUT2D eigenvalue weighted by molar-refractivity contribution is 0.0342. The predicted molar refractivity (Wildman–Crippen MR) is 106 cm³/mol. The van der Waals surface area contributed by atoms with Crippen LogP contribution in [-0.4, -0.2) is 37.1 Å². The monoisotopic (exact) mass is 370 g/mol. The highest BCUT2D eigenvalue weighted by atomic mass is 32.1. The second-order valence-corrected chi connectivity index (χ2v) is 8.40. The highest BCUT2D eigenvalue weighted by Gasteiger charge is 2.23. The molecule has 2 aromatic rings. The standard InChI is InChI=1S/C21H26N2O2S/c1-15-2-7-18-19(14-26-20(18)12-15)21(24)22-17-5-3-16(4-6-17)13-23-8-10-25-11-9-23/h3-6,14-15H,2,7-13H2,1H3,(H,22,24). The molecule has 26 heavy (non-hydrogen) atoms. The van der Waals surface area contributed by atoms with Crippen LogP contribution in [0.3, 0.4) is 0 Å². The number of nitrogens with one attached hydrogen (secondary N) is 1. The first kappa shape index (κ1) is 17.7. The quantitative estimate of drug-likeness (QED) is 0.886. The third kappa shape index (κ3) is 4.00. The lowest BCUT2D eigenvalue weighted by Gasteiger charge is -2.26. The second kappa shape index (κ2) is 7.91. The maximum atomic E-state index is 12.7. The number of benzene rings is 1. The van der Waals surface area contributed by atoms with Crippen molar-refractivity contribution in [2.75, 3.05) is 31.6 Å². The van der Waals surface area contributed by atoms with E-state index < -0.39 is 0 Å². The van der Waals surface area contributed by atoms with Gasteiger partial charge in [-0.1, -0.05) is 19.1 Å². The molecule has 1 aliphatic heterocycles. The van der Waals surface area contributed by atoms with Crippen molar-refractivity contribution in [3.63, 3.8) is 0 Å². The van der Waals surface area contributed by atoms with Gasteiger partial charge in [0.2, 0.25) is 0 Å². The number of hydrogen-bond acceptors (Lipinski definition) is 4. The van der Waals surface area contributed by atoms with Crippen LogP contribution in [0.4, 0.5) is 5.69 Å². The summed E-state index contributed by atoms with van der Waals surface area (Å²) in [6.07, 6.45) is 3.32. The minimum atomic E-state index is 0.0259. The van der Waals surface area contributed by atoms with Gasteiger partial charge in [0.25, 0.3) is 5.91 Å². The Kier molecular flexibility index (Phi) is 5.38. The molecular weight excluding hydrogens is 344 g/mol. The van der Waals surface area contributed by atoms with Crippen LogP contribution in [0.1, 0.15) is 39.7 Å². The summed E-state index contributed by atoms with van der Waals surface area (Å²) in [5.74, 6) is 0.758. The van der Waals surface area contributed by atoms with Gasteiger partial charge in [-0.15, -0.1) is 11.3 Å². The number of rotatable bonds is 4. The van der Waals surface area contributed by atoms with E-state index in [9.17, 15) is 4.79 Å². The van der Waals surface area contributed by atoms with Crippen molar-refractivity contribution in [3.05, 3.63) is 51.2 Å². The number of carbonyl (C=O) groups excluding carboxylic acids is 1. The predicted octanol–water partition coefficient (Wildman–Crippen LogP) is 3.96. The minimum absolute atomic E-state index is 0.0259. The van der Waals surface area contributed by atoms with Crippen LogP contribution in [0.15, 0.2) is 29.6 Å². The van der Waals surface area contributed by atoms with Crippen molar-refractivity contribution in [1.82, 2.24) is 4.90 Å². The van der Waals surface area contributed by atoms with Crippen LogP contribution in [0, 0.1) is 5.92 Å². The third-order valence-corrected chi connectivity index (χ3v) is 6.42. The number of fused-ring (bicyclic) bond motifs is 1. The summed E-state index contributed by atoms with van der Waals surface area (Å²) in [7, 11) is 0. The van der Waals surface area contributed by atoms with Gasteiger partial charge in [-0.2, -0.15) is 0 Å². The molecule has 1 N–H and O–H groups in total. The first-order valence-electron chi connectivity index (χ1n) is 9.48. The molecule has 1 fully saturated rings. The SMILES string of the molecule is CC1CCc2c(C(=O)Nc3ccc(CN4CCOCC4)cc3)csc2C1. The molecule has 2 aliphatic rings. The third-order valence-electron chi connectivity index (χ3n) is 5.37. The Bertz CT molecular complexity index is 763. The van der Waals surface area contributed by atoms with Crippen molar-refractivity contribution in [3.8, 4) is 0 Å². The van der Waals surface area contributed by atoms with E-state index in [1.54, 1.807) is 11.3 Å². The average molecular weight is 371 g/mol. The molecule has 138 valence electrons. The van der Waals surface area contributed by atoms with Gasteiger partial charge < -0.3 is 10.1 Å². The van der Waals surface area contributed by atoms with Crippen molar-refractivity contribution < 1.29 is 9.53 Å². The number of carbonyl (C=O) groups is 1. The number of hydrogen-bond donors (Lipinski definition) is 1. The molecule has 1 amide bonds. The summed E-state index contributed by atoms with van der Waals surface area (Å²) in [6.45, 7) is 6.84. The van der Waals surface area contributed by atoms with E-state index in [1.807, 2.05) is 17.5 Å². The van der Waals surface area contributed by atoms with Crippen molar-refractivity contribution in [2.45, 2.75) is 32.7 Å². The Morgan fingerprint density at radius 1 is 1.27 bits per heavy atom. The number of thiophene rings is 1. The molecule has 0 radical (unpaired) electrons. The number of morpholine rings is 1. The molecular formula is C21H26N2O2S. The molecule has 0 bridgehead atoms. The Morgan fingerprint density at radius 3 is 2.81 bits per heavy atom. The Hall–Kier alpha value is -1.69. The molecule has 0 spiro atoms. The maximum Gasteiger partial charge on any atom is 0.256 e. The van der Waals surface area contributed by atoms with Crippen LogP contribution in [0.25, 0.3) is 0 Å². The topological polar surface area (TPSA) is 41.6 Å². The first-order chi connectivity index (χ1) is 12.7. The largest absolute Gasteiger partial charge is 0.379 e. The highest BCUT2D eigenvalue weighted by Crippen LogP contribution is 2.33. The van der Waals surface area contributed by atoms with Crippen molar-refractivity contribution in [1.29, 1.82) is 0 Å². The number of amides is 1. The zero-order valence-corrected chi connectivity index (χ0v) is 16.1. The summed E-state index contributed by atoms with van der Waals surface area (Å²) < 4.78 is 5.39. The Labute approximate surface area is 159 Å². The molecule has 1 unspecified atom stereocenters. The fraction of sp³-hybridized carbons (Fsp3) is 0.476. The summed E-state index contributed by atoms with van der Waals surface area (Å²) in [4.78, 5) is 16.5. The van der Waals surface area contributed by atoms with E-state index in [0.717, 1.165) is 62.9 Å². The van der Waals surface area contributed by atoms with Crippen LogP contribution >= 0.6 is 11.3 Å². The molecule has 4 rings (SSSR count). The van der Waals surface area contributed by atoms with Gasteiger partial charge in [-0.25, -0.2) is 0 Å². The molecule has 1 aromatic heterocycles. The van der Waals surface area contributed by atoms with E-state index in [2.05, 4.69) is 29.3 Å². The van der Waals surface area contributed by atoms with Crippen LogP contribution < -0.4 is 5.32 Å². The maximum absolute atomic E-state index is 12.7. The first-order valence-corrected chi connectivity index (χ1v) is 10.4. The fourth-order valence-electron chi connectivity index (χ4n) is 3.78. The van der Waals surface area contributed by atoms with E-state index in [4.69, 9.17) is 4.74 Å². The highest BCUT2D eigenvalue weighted by molar-refractivity contribution is 7.10.